The lowest BCUT2D eigenvalue weighted by atomic mass is 9.93. The SMILES string of the molecule is CCNC(=O)NC1(C(=O)N2CCC(NCC3CC3)CC2)CCCC1.Cl. The van der Waals surface area contributed by atoms with Gasteiger partial charge in [-0.3, -0.25) is 4.79 Å². The van der Waals surface area contributed by atoms with Crippen LogP contribution >= 0.6 is 12.4 Å². The Morgan fingerprint density at radius 1 is 1.08 bits per heavy atom. The molecule has 0 aromatic heterocycles. The minimum atomic E-state index is -0.673. The van der Waals surface area contributed by atoms with Gasteiger partial charge in [0.05, 0.1) is 0 Å². The van der Waals surface area contributed by atoms with E-state index >= 15 is 0 Å². The topological polar surface area (TPSA) is 73.5 Å². The Bertz CT molecular complexity index is 456. The molecule has 0 bridgehead atoms. The maximum Gasteiger partial charge on any atom is 0.315 e. The van der Waals surface area contributed by atoms with Crippen molar-refractivity contribution in [2.24, 2.45) is 5.92 Å². The fourth-order valence-electron chi connectivity index (χ4n) is 4.04. The van der Waals surface area contributed by atoms with Gasteiger partial charge < -0.3 is 20.9 Å². The second-order valence-corrected chi connectivity index (χ2v) is 7.69. The third kappa shape index (κ3) is 5.23. The normalized spacial score (nSPS) is 23.0. The largest absolute Gasteiger partial charge is 0.341 e. The number of piperidine rings is 1. The maximum atomic E-state index is 13.1. The molecule has 0 aromatic rings. The number of nitrogens with zero attached hydrogens (tertiary/aromatic N) is 1. The molecule has 0 unspecified atom stereocenters. The van der Waals surface area contributed by atoms with E-state index in [2.05, 4.69) is 16.0 Å². The minimum absolute atomic E-state index is 0. The van der Waals surface area contributed by atoms with Gasteiger partial charge in [-0.05, 0) is 57.9 Å². The summed E-state index contributed by atoms with van der Waals surface area (Å²) >= 11 is 0. The molecule has 1 aliphatic heterocycles. The number of carbonyl (C=O) groups excluding carboxylic acids is 2. The van der Waals surface area contributed by atoms with Crippen LogP contribution in [0.25, 0.3) is 0 Å². The predicted molar refractivity (Wildman–Crippen MR) is 101 cm³/mol. The first kappa shape index (κ1) is 20.3. The van der Waals surface area contributed by atoms with Gasteiger partial charge in [-0.25, -0.2) is 4.79 Å². The van der Waals surface area contributed by atoms with E-state index in [1.807, 2.05) is 11.8 Å². The Labute approximate surface area is 157 Å². The Hall–Kier alpha value is -1.01. The van der Waals surface area contributed by atoms with Gasteiger partial charge in [0.15, 0.2) is 0 Å². The molecular formula is C18H33ClN4O2. The molecule has 0 spiro atoms. The van der Waals surface area contributed by atoms with E-state index in [0.29, 0.717) is 12.6 Å². The lowest BCUT2D eigenvalue weighted by Gasteiger charge is -2.39. The lowest BCUT2D eigenvalue weighted by molar-refractivity contribution is -0.139. The summed E-state index contributed by atoms with van der Waals surface area (Å²) in [5.74, 6) is 1.03. The quantitative estimate of drug-likeness (QED) is 0.668. The third-order valence-electron chi connectivity index (χ3n) is 5.73. The molecule has 6 nitrogen and oxygen atoms in total. The van der Waals surface area contributed by atoms with Crippen molar-refractivity contribution in [3.63, 3.8) is 0 Å². The Morgan fingerprint density at radius 3 is 2.28 bits per heavy atom. The first-order chi connectivity index (χ1) is 11.6. The summed E-state index contributed by atoms with van der Waals surface area (Å²) in [6.07, 6.45) is 8.35. The van der Waals surface area contributed by atoms with Crippen LogP contribution in [-0.4, -0.2) is 54.6 Å². The highest BCUT2D eigenvalue weighted by Gasteiger charge is 2.45. The van der Waals surface area contributed by atoms with Crippen molar-refractivity contribution in [1.82, 2.24) is 20.9 Å². The van der Waals surface area contributed by atoms with Crippen LogP contribution in [0.5, 0.6) is 0 Å². The Balaban J connectivity index is 0.00000225. The number of hydrogen-bond acceptors (Lipinski definition) is 3. The molecule has 3 fully saturated rings. The van der Waals surface area contributed by atoms with Crippen LogP contribution in [0.2, 0.25) is 0 Å². The number of rotatable bonds is 6. The average Bonchev–Trinajstić information content (AvgIpc) is 3.30. The Kier molecular flexibility index (Phi) is 7.37. The number of amides is 3. The van der Waals surface area contributed by atoms with E-state index in [4.69, 9.17) is 0 Å². The number of hydrogen-bond donors (Lipinski definition) is 3. The zero-order valence-corrected chi connectivity index (χ0v) is 16.1. The van der Waals surface area contributed by atoms with Crippen molar-refractivity contribution in [3.8, 4) is 0 Å². The predicted octanol–water partition coefficient (Wildman–Crippen LogP) is 2.03. The van der Waals surface area contributed by atoms with Crippen LogP contribution in [0.3, 0.4) is 0 Å². The van der Waals surface area contributed by atoms with E-state index in [0.717, 1.165) is 64.1 Å². The van der Waals surface area contributed by atoms with Crippen molar-refractivity contribution >= 4 is 24.3 Å². The molecule has 3 rings (SSSR count). The molecule has 1 heterocycles. The van der Waals surface area contributed by atoms with Crippen molar-refractivity contribution in [3.05, 3.63) is 0 Å². The average molecular weight is 373 g/mol. The summed E-state index contributed by atoms with van der Waals surface area (Å²) in [7, 11) is 0. The molecule has 3 aliphatic rings. The highest BCUT2D eigenvalue weighted by molar-refractivity contribution is 5.91. The molecule has 1 saturated heterocycles. The van der Waals surface area contributed by atoms with Gasteiger partial charge in [0, 0.05) is 25.7 Å². The molecule has 144 valence electrons. The fourth-order valence-corrected chi connectivity index (χ4v) is 4.04. The number of halogens is 1. The second-order valence-electron chi connectivity index (χ2n) is 7.69. The van der Waals surface area contributed by atoms with Crippen LogP contribution in [0.15, 0.2) is 0 Å². The van der Waals surface area contributed by atoms with Crippen LogP contribution in [-0.2, 0) is 4.79 Å². The zero-order chi connectivity index (χ0) is 17.0. The Morgan fingerprint density at radius 2 is 1.72 bits per heavy atom. The summed E-state index contributed by atoms with van der Waals surface area (Å²) in [5, 5.41) is 9.41. The van der Waals surface area contributed by atoms with Gasteiger partial charge in [-0.1, -0.05) is 12.8 Å². The van der Waals surface area contributed by atoms with Gasteiger partial charge in [0.25, 0.3) is 0 Å². The van der Waals surface area contributed by atoms with Crippen molar-refractivity contribution in [2.45, 2.75) is 69.9 Å². The molecule has 0 radical (unpaired) electrons. The van der Waals surface area contributed by atoms with Gasteiger partial charge in [0.1, 0.15) is 5.54 Å². The van der Waals surface area contributed by atoms with Crippen LogP contribution in [0.1, 0.15) is 58.3 Å². The lowest BCUT2D eigenvalue weighted by Crippen LogP contribution is -2.61. The summed E-state index contributed by atoms with van der Waals surface area (Å²) < 4.78 is 0. The van der Waals surface area contributed by atoms with E-state index in [1.165, 1.54) is 12.8 Å². The number of likely N-dealkylation sites (tertiary alicyclic amines) is 1. The summed E-state index contributed by atoms with van der Waals surface area (Å²) in [4.78, 5) is 27.1. The molecule has 7 heteroatoms. The fraction of sp³-hybridized carbons (Fsp3) is 0.889. The standard InChI is InChI=1S/C18H32N4O2.ClH/c1-2-19-17(24)21-18(9-3-4-10-18)16(23)22-11-7-15(8-12-22)20-13-14-5-6-14;/h14-15,20H,2-13H2,1H3,(H2,19,21,24);1H. The summed E-state index contributed by atoms with van der Waals surface area (Å²) in [5.41, 5.74) is -0.673. The molecule has 0 aromatic carbocycles. The van der Waals surface area contributed by atoms with Gasteiger partial charge in [-0.15, -0.1) is 12.4 Å². The summed E-state index contributed by atoms with van der Waals surface area (Å²) in [6, 6.07) is 0.333. The van der Waals surface area contributed by atoms with Crippen molar-refractivity contribution in [2.75, 3.05) is 26.2 Å². The first-order valence-electron chi connectivity index (χ1n) is 9.72. The maximum absolute atomic E-state index is 13.1. The number of carbonyl (C=O) groups is 2. The molecule has 3 amide bonds. The van der Waals surface area contributed by atoms with E-state index in [-0.39, 0.29) is 24.3 Å². The molecule has 2 aliphatic carbocycles. The molecule has 3 N–H and O–H groups in total. The molecule has 2 saturated carbocycles. The molecule has 0 atom stereocenters. The van der Waals surface area contributed by atoms with Crippen molar-refractivity contribution in [1.29, 1.82) is 0 Å². The van der Waals surface area contributed by atoms with E-state index in [1.54, 1.807) is 0 Å². The molecular weight excluding hydrogens is 340 g/mol. The number of urea groups is 1. The van der Waals surface area contributed by atoms with Crippen molar-refractivity contribution < 1.29 is 9.59 Å². The smallest absolute Gasteiger partial charge is 0.315 e. The number of nitrogens with one attached hydrogen (secondary N) is 3. The van der Waals surface area contributed by atoms with Crippen LogP contribution in [0.4, 0.5) is 4.79 Å². The van der Waals surface area contributed by atoms with Gasteiger partial charge in [-0.2, -0.15) is 0 Å². The van der Waals surface area contributed by atoms with E-state index < -0.39 is 5.54 Å². The highest BCUT2D eigenvalue weighted by Crippen LogP contribution is 2.32. The zero-order valence-electron chi connectivity index (χ0n) is 15.3. The summed E-state index contributed by atoms with van der Waals surface area (Å²) in [6.45, 7) is 5.22. The van der Waals surface area contributed by atoms with Crippen LogP contribution < -0.4 is 16.0 Å². The van der Waals surface area contributed by atoms with Gasteiger partial charge in [0.2, 0.25) is 5.91 Å². The first-order valence-corrected chi connectivity index (χ1v) is 9.72. The molecule has 25 heavy (non-hydrogen) atoms. The second kappa shape index (κ2) is 9.08. The van der Waals surface area contributed by atoms with Gasteiger partial charge >= 0.3 is 6.03 Å². The monoisotopic (exact) mass is 372 g/mol. The highest BCUT2D eigenvalue weighted by atomic mass is 35.5. The van der Waals surface area contributed by atoms with E-state index in [9.17, 15) is 9.59 Å². The minimum Gasteiger partial charge on any atom is -0.341 e. The third-order valence-corrected chi connectivity index (χ3v) is 5.73. The van der Waals surface area contributed by atoms with Crippen LogP contribution in [0, 0.1) is 5.92 Å².